The number of amides is 1. The van der Waals surface area contributed by atoms with Gasteiger partial charge in [0.2, 0.25) is 5.28 Å². The van der Waals surface area contributed by atoms with E-state index in [0.29, 0.717) is 28.8 Å². The Bertz CT molecular complexity index is 1210. The highest BCUT2D eigenvalue weighted by molar-refractivity contribution is 6.29. The zero-order valence-electron chi connectivity index (χ0n) is 16.0. The van der Waals surface area contributed by atoms with Gasteiger partial charge in [0, 0.05) is 23.8 Å². The minimum absolute atomic E-state index is 0.199. The summed E-state index contributed by atoms with van der Waals surface area (Å²) in [6, 6.07) is 16.7. The standard InChI is InChI=1S/C22H17Cl2N5O/c1-13-2-8-17-18(10-13)28-22(24)29-20(17)26-11-14-3-6-16(7-4-14)27-21(30)15-5-9-19(23)25-12-15/h2-10,12H,11H2,1H3,(H,27,30)(H,26,28,29). The van der Waals surface area contributed by atoms with Gasteiger partial charge in [-0.15, -0.1) is 0 Å². The summed E-state index contributed by atoms with van der Waals surface area (Å²) in [5.41, 5.74) is 4.05. The maximum atomic E-state index is 12.3. The smallest absolute Gasteiger partial charge is 0.257 e. The van der Waals surface area contributed by atoms with Crippen molar-refractivity contribution in [3.63, 3.8) is 0 Å². The fourth-order valence-electron chi connectivity index (χ4n) is 2.95. The average molecular weight is 438 g/mol. The van der Waals surface area contributed by atoms with Crippen LogP contribution in [0, 0.1) is 6.92 Å². The summed E-state index contributed by atoms with van der Waals surface area (Å²) in [7, 11) is 0. The lowest BCUT2D eigenvalue weighted by Crippen LogP contribution is -2.12. The van der Waals surface area contributed by atoms with Crippen LogP contribution in [0.4, 0.5) is 11.5 Å². The molecule has 2 aromatic heterocycles. The fraction of sp³-hybridized carbons (Fsp3) is 0.0909. The van der Waals surface area contributed by atoms with Gasteiger partial charge >= 0.3 is 0 Å². The lowest BCUT2D eigenvalue weighted by Gasteiger charge is -2.10. The van der Waals surface area contributed by atoms with Crippen LogP contribution in [0.2, 0.25) is 10.4 Å². The van der Waals surface area contributed by atoms with Crippen LogP contribution in [0.15, 0.2) is 60.8 Å². The predicted molar refractivity (Wildman–Crippen MR) is 120 cm³/mol. The highest BCUT2D eigenvalue weighted by Gasteiger charge is 2.08. The van der Waals surface area contributed by atoms with Crippen molar-refractivity contribution in [1.82, 2.24) is 15.0 Å². The van der Waals surface area contributed by atoms with Crippen molar-refractivity contribution in [2.75, 3.05) is 10.6 Å². The topological polar surface area (TPSA) is 79.8 Å². The number of halogens is 2. The number of hydrogen-bond donors (Lipinski definition) is 2. The average Bonchev–Trinajstić information content (AvgIpc) is 2.73. The van der Waals surface area contributed by atoms with E-state index < -0.39 is 0 Å². The molecule has 0 unspecified atom stereocenters. The Kier molecular flexibility index (Phi) is 5.79. The molecular formula is C22H17Cl2N5O. The highest BCUT2D eigenvalue weighted by atomic mass is 35.5. The van der Waals surface area contributed by atoms with E-state index in [4.69, 9.17) is 23.2 Å². The number of pyridine rings is 1. The van der Waals surface area contributed by atoms with Crippen LogP contribution in [0.3, 0.4) is 0 Å². The molecule has 0 bridgehead atoms. The first-order valence-corrected chi connectivity index (χ1v) is 9.93. The van der Waals surface area contributed by atoms with Crippen molar-refractivity contribution in [2.45, 2.75) is 13.5 Å². The summed E-state index contributed by atoms with van der Waals surface area (Å²) < 4.78 is 0. The lowest BCUT2D eigenvalue weighted by atomic mass is 10.1. The Morgan fingerprint density at radius 3 is 2.53 bits per heavy atom. The third-order valence-electron chi connectivity index (χ3n) is 4.49. The maximum Gasteiger partial charge on any atom is 0.257 e. The third-order valence-corrected chi connectivity index (χ3v) is 4.88. The normalized spacial score (nSPS) is 10.8. The van der Waals surface area contributed by atoms with Gasteiger partial charge in [-0.2, -0.15) is 0 Å². The molecular weight excluding hydrogens is 421 g/mol. The second kappa shape index (κ2) is 8.65. The number of fused-ring (bicyclic) bond motifs is 1. The minimum atomic E-state index is -0.248. The minimum Gasteiger partial charge on any atom is -0.365 e. The number of anilines is 2. The van der Waals surface area contributed by atoms with E-state index in [2.05, 4.69) is 25.6 Å². The molecule has 4 aromatic rings. The van der Waals surface area contributed by atoms with E-state index in [1.165, 1.54) is 6.20 Å². The first-order valence-electron chi connectivity index (χ1n) is 9.17. The highest BCUT2D eigenvalue weighted by Crippen LogP contribution is 2.24. The number of nitrogens with zero attached hydrogens (tertiary/aromatic N) is 3. The number of aryl methyl sites for hydroxylation is 1. The molecule has 4 rings (SSSR count). The van der Waals surface area contributed by atoms with Gasteiger partial charge in [-0.3, -0.25) is 4.79 Å². The Labute approximate surface area is 183 Å². The molecule has 0 saturated heterocycles. The van der Waals surface area contributed by atoms with Crippen molar-refractivity contribution < 1.29 is 4.79 Å². The molecule has 0 aliphatic heterocycles. The first-order chi connectivity index (χ1) is 14.5. The Morgan fingerprint density at radius 2 is 1.80 bits per heavy atom. The predicted octanol–water partition coefficient (Wildman–Crippen LogP) is 5.50. The molecule has 0 aliphatic rings. The summed E-state index contributed by atoms with van der Waals surface area (Å²) in [4.78, 5) is 24.8. The molecule has 2 aromatic carbocycles. The fourth-order valence-corrected chi connectivity index (χ4v) is 3.24. The third kappa shape index (κ3) is 4.67. The summed E-state index contributed by atoms with van der Waals surface area (Å²) in [5, 5.41) is 7.60. The molecule has 1 amide bonds. The number of aromatic nitrogens is 3. The summed E-state index contributed by atoms with van der Waals surface area (Å²) in [5.74, 6) is 0.431. The molecule has 2 heterocycles. The monoisotopic (exact) mass is 437 g/mol. The van der Waals surface area contributed by atoms with Gasteiger partial charge in [0.1, 0.15) is 11.0 Å². The van der Waals surface area contributed by atoms with E-state index in [9.17, 15) is 4.79 Å². The molecule has 0 aliphatic carbocycles. The SMILES string of the molecule is Cc1ccc2c(NCc3ccc(NC(=O)c4ccc(Cl)nc4)cc3)nc(Cl)nc2c1. The second-order valence-corrected chi connectivity index (χ2v) is 7.46. The van der Waals surface area contributed by atoms with Crippen LogP contribution in [0.25, 0.3) is 10.9 Å². The van der Waals surface area contributed by atoms with Crippen molar-refractivity contribution in [1.29, 1.82) is 0 Å². The van der Waals surface area contributed by atoms with Crippen LogP contribution >= 0.6 is 23.2 Å². The molecule has 150 valence electrons. The molecule has 8 heteroatoms. The number of nitrogens with one attached hydrogen (secondary N) is 2. The Morgan fingerprint density at radius 1 is 1.00 bits per heavy atom. The van der Waals surface area contributed by atoms with Crippen LogP contribution in [0.5, 0.6) is 0 Å². The van der Waals surface area contributed by atoms with Gasteiger partial charge in [-0.25, -0.2) is 15.0 Å². The van der Waals surface area contributed by atoms with E-state index in [1.807, 2.05) is 49.4 Å². The van der Waals surface area contributed by atoms with E-state index in [1.54, 1.807) is 12.1 Å². The molecule has 6 nitrogen and oxygen atoms in total. The van der Waals surface area contributed by atoms with Gasteiger partial charge < -0.3 is 10.6 Å². The van der Waals surface area contributed by atoms with Crippen molar-refractivity contribution in [3.8, 4) is 0 Å². The molecule has 0 fully saturated rings. The quantitative estimate of drug-likeness (QED) is 0.318. The first kappa shape index (κ1) is 20.1. The van der Waals surface area contributed by atoms with E-state index in [-0.39, 0.29) is 11.2 Å². The molecule has 0 saturated carbocycles. The largest absolute Gasteiger partial charge is 0.365 e. The summed E-state index contributed by atoms with van der Waals surface area (Å²) in [6.07, 6.45) is 1.44. The Balaban J connectivity index is 1.43. The number of benzene rings is 2. The van der Waals surface area contributed by atoms with Crippen molar-refractivity contribution in [3.05, 3.63) is 87.9 Å². The van der Waals surface area contributed by atoms with Crippen molar-refractivity contribution in [2.24, 2.45) is 0 Å². The number of carbonyl (C=O) groups is 1. The van der Waals surface area contributed by atoms with E-state index in [0.717, 1.165) is 22.0 Å². The van der Waals surface area contributed by atoms with Gasteiger partial charge in [0.05, 0.1) is 11.1 Å². The lowest BCUT2D eigenvalue weighted by molar-refractivity contribution is 0.102. The van der Waals surface area contributed by atoms with Gasteiger partial charge in [0.15, 0.2) is 0 Å². The van der Waals surface area contributed by atoms with Gasteiger partial charge in [-0.1, -0.05) is 29.8 Å². The van der Waals surface area contributed by atoms with Gasteiger partial charge in [0.25, 0.3) is 5.91 Å². The summed E-state index contributed by atoms with van der Waals surface area (Å²) in [6.45, 7) is 2.55. The van der Waals surface area contributed by atoms with Crippen LogP contribution in [-0.2, 0) is 6.54 Å². The van der Waals surface area contributed by atoms with Crippen molar-refractivity contribution >= 4 is 51.5 Å². The van der Waals surface area contributed by atoms with Crippen LogP contribution < -0.4 is 10.6 Å². The molecule has 30 heavy (non-hydrogen) atoms. The number of rotatable bonds is 5. The number of hydrogen-bond acceptors (Lipinski definition) is 5. The zero-order valence-corrected chi connectivity index (χ0v) is 17.5. The molecule has 2 N–H and O–H groups in total. The summed E-state index contributed by atoms with van der Waals surface area (Å²) >= 11 is 11.8. The van der Waals surface area contributed by atoms with E-state index >= 15 is 0 Å². The molecule has 0 spiro atoms. The number of carbonyl (C=O) groups excluding carboxylic acids is 1. The van der Waals surface area contributed by atoms with Crippen LogP contribution in [0.1, 0.15) is 21.5 Å². The molecule has 0 atom stereocenters. The Hall–Kier alpha value is -3.22. The van der Waals surface area contributed by atoms with Gasteiger partial charge in [-0.05, 0) is 66.0 Å². The molecule has 0 radical (unpaired) electrons. The maximum absolute atomic E-state index is 12.3. The zero-order chi connectivity index (χ0) is 21.1. The van der Waals surface area contributed by atoms with Crippen LogP contribution in [-0.4, -0.2) is 20.9 Å². The second-order valence-electron chi connectivity index (χ2n) is 6.74.